The van der Waals surface area contributed by atoms with Crippen molar-refractivity contribution in [3.05, 3.63) is 59.6 Å². The van der Waals surface area contributed by atoms with Crippen molar-refractivity contribution in [2.75, 3.05) is 7.11 Å². The minimum atomic E-state index is 0.683. The van der Waals surface area contributed by atoms with Gasteiger partial charge in [0.05, 0.1) is 23.3 Å². The predicted molar refractivity (Wildman–Crippen MR) is 78.7 cm³/mol. The average molecular weight is 270 g/mol. The molecular formula is C16H12ClNO. The summed E-state index contributed by atoms with van der Waals surface area (Å²) in [4.78, 5) is 4.64. The number of rotatable bonds is 2. The lowest BCUT2D eigenvalue weighted by Gasteiger charge is -2.07. The molecule has 19 heavy (non-hydrogen) atoms. The lowest BCUT2D eigenvalue weighted by atomic mass is 10.1. The van der Waals surface area contributed by atoms with Crippen LogP contribution in [0.25, 0.3) is 22.2 Å². The minimum Gasteiger partial charge on any atom is -0.497 e. The zero-order chi connectivity index (χ0) is 13.2. The molecule has 0 aliphatic rings. The Morgan fingerprint density at radius 1 is 1.00 bits per heavy atom. The van der Waals surface area contributed by atoms with Crippen molar-refractivity contribution >= 4 is 22.5 Å². The Balaban J connectivity index is 2.20. The van der Waals surface area contributed by atoms with Crippen molar-refractivity contribution in [3.8, 4) is 17.0 Å². The van der Waals surface area contributed by atoms with E-state index in [9.17, 15) is 0 Å². The third kappa shape index (κ3) is 2.27. The largest absolute Gasteiger partial charge is 0.497 e. The normalized spacial score (nSPS) is 10.6. The van der Waals surface area contributed by atoms with E-state index in [1.165, 1.54) is 0 Å². The van der Waals surface area contributed by atoms with Gasteiger partial charge in [0.1, 0.15) is 5.75 Å². The highest BCUT2D eigenvalue weighted by Crippen LogP contribution is 2.30. The first-order valence-corrected chi connectivity index (χ1v) is 6.35. The zero-order valence-electron chi connectivity index (χ0n) is 10.4. The van der Waals surface area contributed by atoms with Crippen LogP contribution in [0.15, 0.2) is 54.6 Å². The predicted octanol–water partition coefficient (Wildman–Crippen LogP) is 4.56. The molecule has 0 fully saturated rings. The summed E-state index contributed by atoms with van der Waals surface area (Å²) < 4.78 is 5.21. The summed E-state index contributed by atoms with van der Waals surface area (Å²) in [5.41, 5.74) is 2.80. The van der Waals surface area contributed by atoms with E-state index in [4.69, 9.17) is 16.3 Å². The first-order valence-electron chi connectivity index (χ1n) is 5.97. The van der Waals surface area contributed by atoms with Crippen LogP contribution in [-0.4, -0.2) is 12.1 Å². The van der Waals surface area contributed by atoms with Crippen molar-refractivity contribution in [2.45, 2.75) is 0 Å². The Morgan fingerprint density at radius 3 is 2.53 bits per heavy atom. The van der Waals surface area contributed by atoms with E-state index in [-0.39, 0.29) is 0 Å². The second kappa shape index (κ2) is 4.90. The molecule has 1 aromatic heterocycles. The number of ether oxygens (including phenoxy) is 1. The van der Waals surface area contributed by atoms with Gasteiger partial charge < -0.3 is 4.74 Å². The van der Waals surface area contributed by atoms with Gasteiger partial charge in [-0.1, -0.05) is 41.9 Å². The third-order valence-corrected chi connectivity index (χ3v) is 3.35. The first-order chi connectivity index (χ1) is 9.28. The van der Waals surface area contributed by atoms with E-state index in [1.54, 1.807) is 7.11 Å². The minimum absolute atomic E-state index is 0.683. The fourth-order valence-electron chi connectivity index (χ4n) is 2.05. The quantitative estimate of drug-likeness (QED) is 0.680. The van der Waals surface area contributed by atoms with Crippen LogP contribution in [0, 0.1) is 0 Å². The van der Waals surface area contributed by atoms with Crippen molar-refractivity contribution in [2.24, 2.45) is 0 Å². The maximum absolute atomic E-state index is 6.35. The van der Waals surface area contributed by atoms with E-state index < -0.39 is 0 Å². The second-order valence-electron chi connectivity index (χ2n) is 4.24. The Morgan fingerprint density at radius 2 is 1.79 bits per heavy atom. The van der Waals surface area contributed by atoms with Crippen LogP contribution in [-0.2, 0) is 0 Å². The fourth-order valence-corrected chi connectivity index (χ4v) is 2.30. The van der Waals surface area contributed by atoms with Gasteiger partial charge in [-0.05, 0) is 24.3 Å². The summed E-state index contributed by atoms with van der Waals surface area (Å²) in [5.74, 6) is 0.781. The topological polar surface area (TPSA) is 22.1 Å². The van der Waals surface area contributed by atoms with E-state index >= 15 is 0 Å². The van der Waals surface area contributed by atoms with Gasteiger partial charge in [0.2, 0.25) is 0 Å². The molecule has 0 radical (unpaired) electrons. The molecule has 2 nitrogen and oxygen atoms in total. The van der Waals surface area contributed by atoms with Crippen LogP contribution < -0.4 is 4.74 Å². The molecule has 3 rings (SSSR count). The van der Waals surface area contributed by atoms with E-state index in [1.807, 2.05) is 54.6 Å². The summed E-state index contributed by atoms with van der Waals surface area (Å²) in [5, 5.41) is 1.59. The third-order valence-electron chi connectivity index (χ3n) is 3.03. The molecule has 0 bridgehead atoms. The number of hydrogen-bond donors (Lipinski definition) is 0. The average Bonchev–Trinajstić information content (AvgIpc) is 2.48. The first kappa shape index (κ1) is 12.0. The Hall–Kier alpha value is -2.06. The zero-order valence-corrected chi connectivity index (χ0v) is 11.2. The molecule has 0 spiro atoms. The molecule has 0 saturated heterocycles. The molecule has 0 atom stereocenters. The van der Waals surface area contributed by atoms with Crippen molar-refractivity contribution in [1.29, 1.82) is 0 Å². The van der Waals surface area contributed by atoms with Crippen LogP contribution in [0.4, 0.5) is 0 Å². The van der Waals surface area contributed by atoms with Crippen molar-refractivity contribution in [3.63, 3.8) is 0 Å². The Kier molecular flexibility index (Phi) is 3.10. The highest BCUT2D eigenvalue weighted by Gasteiger charge is 2.07. The number of benzene rings is 2. The number of halogens is 1. The molecule has 1 heterocycles. The molecular weight excluding hydrogens is 258 g/mol. The number of aromatic nitrogens is 1. The molecule has 0 aliphatic heterocycles. The van der Waals surface area contributed by atoms with E-state index in [0.717, 1.165) is 27.9 Å². The molecule has 2 aromatic carbocycles. The number of fused-ring (bicyclic) bond motifs is 1. The van der Waals surface area contributed by atoms with E-state index in [2.05, 4.69) is 4.98 Å². The Labute approximate surface area is 116 Å². The molecule has 0 amide bonds. The number of pyridine rings is 1. The highest BCUT2D eigenvalue weighted by atomic mass is 35.5. The molecule has 3 heteroatoms. The maximum atomic E-state index is 6.35. The summed E-state index contributed by atoms with van der Waals surface area (Å²) in [6.07, 6.45) is 0. The smallest absolute Gasteiger partial charge is 0.119 e. The Bertz CT molecular complexity index is 725. The van der Waals surface area contributed by atoms with Crippen LogP contribution in [0.3, 0.4) is 0 Å². The monoisotopic (exact) mass is 269 g/mol. The number of hydrogen-bond acceptors (Lipinski definition) is 2. The maximum Gasteiger partial charge on any atom is 0.119 e. The molecule has 0 saturated carbocycles. The lowest BCUT2D eigenvalue weighted by molar-refractivity contribution is 0.415. The van der Waals surface area contributed by atoms with Gasteiger partial charge in [0.25, 0.3) is 0 Å². The van der Waals surface area contributed by atoms with Gasteiger partial charge >= 0.3 is 0 Å². The number of methoxy groups -OCH3 is 1. The van der Waals surface area contributed by atoms with Crippen LogP contribution in [0.1, 0.15) is 0 Å². The van der Waals surface area contributed by atoms with Gasteiger partial charge in [0.15, 0.2) is 0 Å². The van der Waals surface area contributed by atoms with Crippen molar-refractivity contribution < 1.29 is 4.74 Å². The molecule has 0 aliphatic carbocycles. The molecule has 0 unspecified atom stereocenters. The molecule has 94 valence electrons. The summed E-state index contributed by atoms with van der Waals surface area (Å²) in [6, 6.07) is 17.6. The van der Waals surface area contributed by atoms with Crippen molar-refractivity contribution in [1.82, 2.24) is 4.98 Å². The van der Waals surface area contributed by atoms with Gasteiger partial charge in [-0.3, -0.25) is 0 Å². The van der Waals surface area contributed by atoms with Crippen LogP contribution in [0.5, 0.6) is 5.75 Å². The van der Waals surface area contributed by atoms with Gasteiger partial charge in [-0.15, -0.1) is 0 Å². The van der Waals surface area contributed by atoms with Gasteiger partial charge in [0, 0.05) is 10.9 Å². The molecule has 3 aromatic rings. The lowest BCUT2D eigenvalue weighted by Crippen LogP contribution is -1.88. The standard InChI is InChI=1S/C16H12ClNO/c1-19-12-7-8-15-13(9-12)14(17)10-16(18-15)11-5-3-2-4-6-11/h2-10H,1H3. The van der Waals surface area contributed by atoms with Crippen LogP contribution in [0.2, 0.25) is 5.02 Å². The van der Waals surface area contributed by atoms with E-state index in [0.29, 0.717) is 5.02 Å². The highest BCUT2D eigenvalue weighted by molar-refractivity contribution is 6.35. The molecule has 0 N–H and O–H groups in total. The van der Waals surface area contributed by atoms with Gasteiger partial charge in [-0.2, -0.15) is 0 Å². The summed E-state index contributed by atoms with van der Waals surface area (Å²) >= 11 is 6.35. The van der Waals surface area contributed by atoms with Gasteiger partial charge in [-0.25, -0.2) is 4.98 Å². The fraction of sp³-hybridized carbons (Fsp3) is 0.0625. The summed E-state index contributed by atoms with van der Waals surface area (Å²) in [6.45, 7) is 0. The summed E-state index contributed by atoms with van der Waals surface area (Å²) in [7, 11) is 1.64. The number of nitrogens with zero attached hydrogens (tertiary/aromatic N) is 1. The second-order valence-corrected chi connectivity index (χ2v) is 4.65. The van der Waals surface area contributed by atoms with Crippen LogP contribution >= 0.6 is 11.6 Å². The SMILES string of the molecule is COc1ccc2nc(-c3ccccc3)cc(Cl)c2c1.